The van der Waals surface area contributed by atoms with Crippen LogP contribution in [0.5, 0.6) is 0 Å². The monoisotopic (exact) mass is 516 g/mol. The molecule has 0 radical (unpaired) electrons. The molecule has 5 nitrogen and oxygen atoms in total. The van der Waals surface area contributed by atoms with Crippen LogP contribution in [0.1, 0.15) is 106 Å². The minimum absolute atomic E-state index is 0.0785. The number of rotatable bonds is 6. The first-order valence-corrected chi connectivity index (χ1v) is 15.0. The van der Waals surface area contributed by atoms with Crippen molar-refractivity contribution in [2.75, 3.05) is 0 Å². The number of aliphatic hydroxyl groups excluding tert-OH is 3. The number of carbonyl (C=O) groups excluding carboxylic acids is 1. The molecule has 0 unspecified atom stereocenters. The summed E-state index contributed by atoms with van der Waals surface area (Å²) < 4.78 is 6.30. The Morgan fingerprint density at radius 3 is 2.32 bits per heavy atom. The molecule has 5 heteroatoms. The third-order valence-electron chi connectivity index (χ3n) is 13.6. The Bertz CT molecular complexity index is 959. The molecule has 0 aromatic rings. The van der Waals surface area contributed by atoms with Gasteiger partial charge in [-0.1, -0.05) is 41.2 Å². The molecular weight excluding hydrogens is 464 g/mol. The molecule has 210 valence electrons. The molecule has 0 aliphatic heterocycles. The minimum atomic E-state index is -0.868. The summed E-state index contributed by atoms with van der Waals surface area (Å²) >= 11 is 0. The van der Waals surface area contributed by atoms with Gasteiger partial charge in [0.05, 0.1) is 12.2 Å². The SMILES string of the molecule is C=C(C)[C@@H](O)[C@H](O)C[C@H](C)[C@@H]1CC[C@]23C[C@]12CC[C@@H]1[C@@]2(C)CC[C@@H](O)C(C)(C)[C@@H]2C[C@@H](OC(C)=O)[C@]13C. The van der Waals surface area contributed by atoms with Crippen LogP contribution in [0.4, 0.5) is 0 Å². The van der Waals surface area contributed by atoms with Crippen molar-refractivity contribution in [2.45, 2.75) is 131 Å². The van der Waals surface area contributed by atoms with E-state index in [1.54, 1.807) is 13.8 Å². The van der Waals surface area contributed by atoms with Gasteiger partial charge in [-0.05, 0) is 116 Å². The third kappa shape index (κ3) is 3.48. The van der Waals surface area contributed by atoms with Crippen molar-refractivity contribution < 1.29 is 24.9 Å². The molecule has 0 bridgehead atoms. The first kappa shape index (κ1) is 27.6. The van der Waals surface area contributed by atoms with Gasteiger partial charge >= 0.3 is 5.97 Å². The summed E-state index contributed by atoms with van der Waals surface area (Å²) in [6.07, 6.45) is 7.13. The Morgan fingerprint density at radius 1 is 1.03 bits per heavy atom. The molecular formula is C32H52O5. The van der Waals surface area contributed by atoms with Gasteiger partial charge in [0.15, 0.2) is 0 Å². The van der Waals surface area contributed by atoms with E-state index in [1.165, 1.54) is 19.3 Å². The van der Waals surface area contributed by atoms with Gasteiger partial charge in [0.25, 0.3) is 0 Å². The topological polar surface area (TPSA) is 87.0 Å². The van der Waals surface area contributed by atoms with E-state index >= 15 is 0 Å². The Balaban J connectivity index is 1.49. The van der Waals surface area contributed by atoms with Crippen LogP contribution in [-0.2, 0) is 9.53 Å². The zero-order chi connectivity index (χ0) is 27.3. The van der Waals surface area contributed by atoms with Gasteiger partial charge in [0.1, 0.15) is 12.2 Å². The molecule has 0 saturated heterocycles. The lowest BCUT2D eigenvalue weighted by Gasteiger charge is -2.68. The fourth-order valence-electron chi connectivity index (χ4n) is 11.8. The van der Waals surface area contributed by atoms with E-state index in [0.29, 0.717) is 35.7 Å². The molecule has 0 spiro atoms. The molecule has 5 saturated carbocycles. The number of hydrogen-bond acceptors (Lipinski definition) is 5. The minimum Gasteiger partial charge on any atom is -0.462 e. The van der Waals surface area contributed by atoms with Crippen LogP contribution < -0.4 is 0 Å². The van der Waals surface area contributed by atoms with E-state index in [0.717, 1.165) is 32.1 Å². The summed E-state index contributed by atoms with van der Waals surface area (Å²) in [6.45, 7) is 18.9. The second kappa shape index (κ2) is 8.54. The Hall–Kier alpha value is -0.910. The van der Waals surface area contributed by atoms with Crippen LogP contribution in [0.2, 0.25) is 0 Å². The fraction of sp³-hybridized carbons (Fsp3) is 0.906. The maximum Gasteiger partial charge on any atom is 0.302 e. The highest BCUT2D eigenvalue weighted by Gasteiger charge is 2.85. The summed E-state index contributed by atoms with van der Waals surface area (Å²) in [5.41, 5.74) is 0.891. The number of fused-ring (bicyclic) bond motifs is 3. The summed E-state index contributed by atoms with van der Waals surface area (Å²) in [4.78, 5) is 12.5. The lowest BCUT2D eigenvalue weighted by molar-refractivity contribution is -0.249. The van der Waals surface area contributed by atoms with Crippen LogP contribution in [0.25, 0.3) is 0 Å². The van der Waals surface area contributed by atoms with Crippen LogP contribution in [0.15, 0.2) is 12.2 Å². The maximum atomic E-state index is 12.5. The maximum absolute atomic E-state index is 12.5. The first-order valence-electron chi connectivity index (χ1n) is 15.0. The Morgan fingerprint density at radius 2 is 1.70 bits per heavy atom. The van der Waals surface area contributed by atoms with Crippen molar-refractivity contribution >= 4 is 5.97 Å². The standard InChI is InChI=1S/C32H52O5/c1-18(2)27(36)22(34)15-19(3)21-9-14-32-17-31(21,32)13-10-23-29(7)12-11-25(35)28(5,6)24(29)16-26(30(23,32)8)37-20(4)33/h19,21-27,34-36H,1,9-17H2,2-8H3/t19-,21-,22+,23+,24-,25+,26+,27+,29+,30-,31+,32+/m0/s1. The quantitative estimate of drug-likeness (QED) is 0.314. The number of carbonyl (C=O) groups is 1. The summed E-state index contributed by atoms with van der Waals surface area (Å²) in [5.74, 6) is 1.44. The van der Waals surface area contributed by atoms with E-state index in [-0.39, 0.29) is 45.3 Å². The second-order valence-electron chi connectivity index (χ2n) is 15.3. The predicted octanol–water partition coefficient (Wildman–Crippen LogP) is 5.65. The highest BCUT2D eigenvalue weighted by atomic mass is 16.5. The molecule has 12 atom stereocenters. The van der Waals surface area contributed by atoms with E-state index in [4.69, 9.17) is 4.74 Å². The number of esters is 1. The van der Waals surface area contributed by atoms with Crippen LogP contribution in [0, 0.1) is 50.7 Å². The van der Waals surface area contributed by atoms with Crippen LogP contribution in [-0.4, -0.2) is 45.7 Å². The molecule has 3 N–H and O–H groups in total. The molecule has 5 aliphatic carbocycles. The van der Waals surface area contributed by atoms with Gasteiger partial charge in [-0.2, -0.15) is 0 Å². The lowest BCUT2D eigenvalue weighted by Crippen LogP contribution is -2.66. The van der Waals surface area contributed by atoms with E-state index in [2.05, 4.69) is 41.2 Å². The summed E-state index contributed by atoms with van der Waals surface area (Å²) in [7, 11) is 0. The zero-order valence-electron chi connectivity index (χ0n) is 24.3. The molecule has 37 heavy (non-hydrogen) atoms. The van der Waals surface area contributed by atoms with Crippen molar-refractivity contribution in [3.63, 3.8) is 0 Å². The number of aliphatic hydroxyl groups is 3. The first-order chi connectivity index (χ1) is 17.1. The van der Waals surface area contributed by atoms with Gasteiger partial charge in [-0.3, -0.25) is 4.79 Å². The van der Waals surface area contributed by atoms with Crippen molar-refractivity contribution in [3.8, 4) is 0 Å². The molecule has 5 fully saturated rings. The van der Waals surface area contributed by atoms with Gasteiger partial charge in [-0.25, -0.2) is 0 Å². The smallest absolute Gasteiger partial charge is 0.302 e. The van der Waals surface area contributed by atoms with E-state index in [1.807, 2.05) is 0 Å². The van der Waals surface area contributed by atoms with E-state index in [9.17, 15) is 20.1 Å². The highest BCUT2D eigenvalue weighted by molar-refractivity contribution is 5.66. The number of hydrogen-bond donors (Lipinski definition) is 3. The second-order valence-corrected chi connectivity index (χ2v) is 15.3. The van der Waals surface area contributed by atoms with Crippen molar-refractivity contribution in [2.24, 2.45) is 50.7 Å². The van der Waals surface area contributed by atoms with Gasteiger partial charge in [-0.15, -0.1) is 0 Å². The normalized spacial score (nSPS) is 49.9. The van der Waals surface area contributed by atoms with Gasteiger partial charge in [0, 0.05) is 12.3 Å². The van der Waals surface area contributed by atoms with Crippen molar-refractivity contribution in [1.82, 2.24) is 0 Å². The molecule has 5 rings (SSSR count). The van der Waals surface area contributed by atoms with Crippen molar-refractivity contribution in [3.05, 3.63) is 12.2 Å². The van der Waals surface area contributed by atoms with Gasteiger partial charge in [0.2, 0.25) is 0 Å². The molecule has 0 amide bonds. The Kier molecular flexibility index (Phi) is 6.38. The number of ether oxygens (including phenoxy) is 1. The molecule has 5 aliphatic rings. The van der Waals surface area contributed by atoms with Crippen LogP contribution >= 0.6 is 0 Å². The van der Waals surface area contributed by atoms with E-state index < -0.39 is 12.2 Å². The fourth-order valence-corrected chi connectivity index (χ4v) is 11.8. The largest absolute Gasteiger partial charge is 0.462 e. The average molecular weight is 517 g/mol. The third-order valence-corrected chi connectivity index (χ3v) is 13.6. The van der Waals surface area contributed by atoms with Gasteiger partial charge < -0.3 is 20.1 Å². The van der Waals surface area contributed by atoms with Crippen LogP contribution in [0.3, 0.4) is 0 Å². The summed E-state index contributed by atoms with van der Waals surface area (Å²) in [6, 6.07) is 0. The lowest BCUT2D eigenvalue weighted by atomic mass is 9.37. The average Bonchev–Trinajstić information content (AvgIpc) is 3.37. The Labute approximate surface area is 224 Å². The zero-order valence-corrected chi connectivity index (χ0v) is 24.3. The van der Waals surface area contributed by atoms with Crippen molar-refractivity contribution in [1.29, 1.82) is 0 Å². The highest BCUT2D eigenvalue weighted by Crippen LogP contribution is 2.91. The predicted molar refractivity (Wildman–Crippen MR) is 144 cm³/mol. The summed E-state index contributed by atoms with van der Waals surface area (Å²) in [5, 5.41) is 32.1. The molecule has 0 heterocycles. The molecule has 0 aromatic heterocycles. The molecule has 0 aromatic carbocycles.